The molecule has 1 heterocycles. The molecule has 16 nitrogen and oxygen atoms in total. The van der Waals surface area contributed by atoms with Crippen molar-refractivity contribution in [1.29, 1.82) is 0 Å². The van der Waals surface area contributed by atoms with Crippen molar-refractivity contribution in [2.45, 2.75) is 62.7 Å². The second-order valence-corrected chi connectivity index (χ2v) is 9.63. The summed E-state index contributed by atoms with van der Waals surface area (Å²) < 4.78 is 0. The first kappa shape index (κ1) is 33.2. The lowest BCUT2D eigenvalue weighted by molar-refractivity contribution is -0.142. The summed E-state index contributed by atoms with van der Waals surface area (Å²) in [4.78, 5) is 72.4. The van der Waals surface area contributed by atoms with Gasteiger partial charge in [-0.25, -0.2) is 9.78 Å². The van der Waals surface area contributed by atoms with Gasteiger partial charge in [-0.1, -0.05) is 0 Å². The van der Waals surface area contributed by atoms with E-state index in [1.165, 1.54) is 24.3 Å². The van der Waals surface area contributed by atoms with Crippen LogP contribution in [0.1, 0.15) is 37.8 Å². The molecule has 0 aliphatic rings. The first-order chi connectivity index (χ1) is 18.4. The van der Waals surface area contributed by atoms with Crippen LogP contribution in [-0.4, -0.2) is 93.4 Å². The molecule has 0 aromatic carbocycles. The summed E-state index contributed by atoms with van der Waals surface area (Å²) >= 11 is 1.51. The van der Waals surface area contributed by atoms with Crippen molar-refractivity contribution in [1.82, 2.24) is 25.9 Å². The van der Waals surface area contributed by atoms with Gasteiger partial charge in [-0.3, -0.25) is 24.2 Å². The van der Waals surface area contributed by atoms with Gasteiger partial charge in [0.15, 0.2) is 5.96 Å². The molecule has 1 rings (SSSR count). The number of aliphatic carboxylic acids is 1. The fourth-order valence-corrected chi connectivity index (χ4v) is 3.83. The summed E-state index contributed by atoms with van der Waals surface area (Å²) in [6.07, 6.45) is 4.86. The van der Waals surface area contributed by atoms with Crippen molar-refractivity contribution in [2.24, 2.45) is 27.9 Å². The van der Waals surface area contributed by atoms with Crippen LogP contribution >= 0.6 is 11.8 Å². The van der Waals surface area contributed by atoms with Crippen LogP contribution in [0.5, 0.6) is 0 Å². The first-order valence-electron chi connectivity index (χ1n) is 12.1. The molecule has 0 aliphatic heterocycles. The first-order valence-corrected chi connectivity index (χ1v) is 13.5. The highest BCUT2D eigenvalue weighted by Crippen LogP contribution is 2.06. The number of carbonyl (C=O) groups excluding carboxylic acids is 4. The van der Waals surface area contributed by atoms with Gasteiger partial charge < -0.3 is 49.0 Å². The number of carbonyl (C=O) groups is 5. The summed E-state index contributed by atoms with van der Waals surface area (Å²) in [5, 5.41) is 17.0. The molecule has 4 amide bonds. The van der Waals surface area contributed by atoms with E-state index in [0.29, 0.717) is 24.3 Å². The topological polar surface area (TPSA) is 287 Å². The Morgan fingerprint density at radius 2 is 1.62 bits per heavy atom. The Balaban J connectivity index is 3.03. The number of nitrogens with one attached hydrogen (secondary N) is 4. The van der Waals surface area contributed by atoms with E-state index < -0.39 is 53.8 Å². The Hall–Kier alpha value is -3.86. The third-order valence-electron chi connectivity index (χ3n) is 5.45. The fraction of sp³-hybridized carbons (Fsp3) is 0.591. The summed E-state index contributed by atoms with van der Waals surface area (Å²) in [5.41, 5.74) is 22.3. The molecule has 0 radical (unpaired) electrons. The van der Waals surface area contributed by atoms with E-state index in [0.717, 1.165) is 0 Å². The molecule has 0 aliphatic carbocycles. The summed E-state index contributed by atoms with van der Waals surface area (Å²) in [5.74, 6) is -3.69. The highest BCUT2D eigenvalue weighted by molar-refractivity contribution is 7.98. The van der Waals surface area contributed by atoms with Crippen LogP contribution in [0.2, 0.25) is 0 Å². The predicted octanol–water partition coefficient (Wildman–Crippen LogP) is -3.11. The van der Waals surface area contributed by atoms with Crippen LogP contribution in [-0.2, 0) is 30.4 Å². The maximum atomic E-state index is 13.2. The second-order valence-electron chi connectivity index (χ2n) is 8.64. The van der Waals surface area contributed by atoms with E-state index in [-0.39, 0.29) is 38.2 Å². The largest absolute Gasteiger partial charge is 0.480 e. The molecule has 13 N–H and O–H groups in total. The number of amides is 4. The second kappa shape index (κ2) is 17.6. The molecule has 17 heteroatoms. The third kappa shape index (κ3) is 13.5. The number of hydrogen-bond acceptors (Lipinski definition) is 9. The predicted molar refractivity (Wildman–Crippen MR) is 145 cm³/mol. The molecule has 1 aromatic heterocycles. The lowest BCUT2D eigenvalue weighted by atomic mass is 10.1. The van der Waals surface area contributed by atoms with E-state index >= 15 is 0 Å². The number of aromatic amines is 1. The monoisotopic (exact) mass is 570 g/mol. The number of guanidine groups is 1. The average molecular weight is 571 g/mol. The Bertz CT molecular complexity index is 986. The van der Waals surface area contributed by atoms with Gasteiger partial charge >= 0.3 is 5.97 Å². The maximum absolute atomic E-state index is 13.2. The molecule has 0 spiro atoms. The van der Waals surface area contributed by atoms with Gasteiger partial charge in [0.1, 0.15) is 18.1 Å². The molecule has 39 heavy (non-hydrogen) atoms. The lowest BCUT2D eigenvalue weighted by Crippen LogP contribution is -2.57. The molecule has 4 atom stereocenters. The van der Waals surface area contributed by atoms with Gasteiger partial charge in [0.05, 0.1) is 12.4 Å². The van der Waals surface area contributed by atoms with Crippen LogP contribution in [0.4, 0.5) is 0 Å². The molecular formula is C22H38N10O6S. The number of H-pyrrole nitrogens is 1. The fourth-order valence-electron chi connectivity index (χ4n) is 3.34. The number of carboxylic acid groups (broad SMARTS) is 1. The van der Waals surface area contributed by atoms with Crippen LogP contribution in [0, 0.1) is 0 Å². The van der Waals surface area contributed by atoms with Crippen LogP contribution in [0.3, 0.4) is 0 Å². The molecule has 0 bridgehead atoms. The molecule has 0 saturated heterocycles. The minimum atomic E-state index is -1.35. The third-order valence-corrected chi connectivity index (χ3v) is 6.10. The number of thioether (sulfide) groups is 1. The zero-order chi connectivity index (χ0) is 29.4. The normalized spacial score (nSPS) is 13.8. The van der Waals surface area contributed by atoms with Crippen molar-refractivity contribution in [3.8, 4) is 0 Å². The molecule has 0 saturated carbocycles. The highest BCUT2D eigenvalue weighted by atomic mass is 32.2. The Labute approximate surface area is 229 Å². The zero-order valence-corrected chi connectivity index (χ0v) is 22.5. The number of aliphatic imine (C=N–C) groups is 1. The number of nitrogens with two attached hydrogens (primary N) is 4. The summed E-state index contributed by atoms with van der Waals surface area (Å²) in [6.45, 7) is 0.181. The minimum absolute atomic E-state index is 0.102. The minimum Gasteiger partial charge on any atom is -0.480 e. The summed E-state index contributed by atoms with van der Waals surface area (Å²) in [7, 11) is 0. The molecule has 218 valence electrons. The molecular weight excluding hydrogens is 532 g/mol. The summed E-state index contributed by atoms with van der Waals surface area (Å²) in [6, 6.07) is -4.65. The van der Waals surface area contributed by atoms with Crippen molar-refractivity contribution in [2.75, 3.05) is 18.6 Å². The van der Waals surface area contributed by atoms with Crippen molar-refractivity contribution >= 4 is 47.3 Å². The van der Waals surface area contributed by atoms with E-state index in [4.69, 9.17) is 22.9 Å². The molecule has 4 unspecified atom stereocenters. The van der Waals surface area contributed by atoms with E-state index in [2.05, 4.69) is 30.9 Å². The van der Waals surface area contributed by atoms with Gasteiger partial charge in [-0.05, 0) is 37.7 Å². The number of aromatic nitrogens is 2. The number of rotatable bonds is 19. The van der Waals surface area contributed by atoms with Gasteiger partial charge in [-0.2, -0.15) is 11.8 Å². The van der Waals surface area contributed by atoms with Gasteiger partial charge in [0.25, 0.3) is 0 Å². The van der Waals surface area contributed by atoms with Gasteiger partial charge in [0.2, 0.25) is 23.6 Å². The maximum Gasteiger partial charge on any atom is 0.326 e. The van der Waals surface area contributed by atoms with Crippen molar-refractivity contribution in [3.63, 3.8) is 0 Å². The van der Waals surface area contributed by atoms with E-state index in [1.54, 1.807) is 0 Å². The Morgan fingerprint density at radius 3 is 2.15 bits per heavy atom. The van der Waals surface area contributed by atoms with Crippen molar-refractivity contribution < 1.29 is 29.1 Å². The highest BCUT2D eigenvalue weighted by Gasteiger charge is 2.30. The Morgan fingerprint density at radius 1 is 1.00 bits per heavy atom. The van der Waals surface area contributed by atoms with E-state index in [9.17, 15) is 29.1 Å². The number of nitrogens with zero attached hydrogens (tertiary/aromatic N) is 2. The van der Waals surface area contributed by atoms with Gasteiger partial charge in [-0.15, -0.1) is 0 Å². The molecule has 1 aromatic rings. The number of hydrogen-bond donors (Lipinski definition) is 9. The standard InChI is InChI=1S/C22H38N10O6S/c1-39-8-6-13(23)18(34)30-14(3-2-7-28-22(25)26)19(35)31-15(4-5-17(24)33)20(36)32-16(21(37)38)9-12-10-27-11-29-12/h10-11,13-16H,2-9,23H2,1H3,(H2,24,33)(H,27,29)(H,30,34)(H,31,35)(H,32,36)(H,37,38)(H4,25,26,28). The molecule has 0 fully saturated rings. The van der Waals surface area contributed by atoms with Crippen molar-refractivity contribution in [3.05, 3.63) is 18.2 Å². The number of carboxylic acids is 1. The zero-order valence-electron chi connectivity index (χ0n) is 21.7. The number of imidazole rings is 1. The van der Waals surface area contributed by atoms with Crippen LogP contribution in [0.15, 0.2) is 17.5 Å². The SMILES string of the molecule is CSCCC(N)C(=O)NC(CCCN=C(N)N)C(=O)NC(CCC(N)=O)C(=O)NC(Cc1cnc[nH]1)C(=O)O. The number of primary amides is 1. The van der Waals surface area contributed by atoms with E-state index in [1.807, 2.05) is 6.26 Å². The van der Waals surface area contributed by atoms with Crippen LogP contribution in [0.25, 0.3) is 0 Å². The van der Waals surface area contributed by atoms with Gasteiger partial charge in [0, 0.05) is 31.3 Å². The lowest BCUT2D eigenvalue weighted by Gasteiger charge is -2.25. The smallest absolute Gasteiger partial charge is 0.326 e. The van der Waals surface area contributed by atoms with Crippen LogP contribution < -0.4 is 38.9 Å². The average Bonchev–Trinajstić information content (AvgIpc) is 3.38. The Kier molecular flexibility index (Phi) is 15.0. The quantitative estimate of drug-likeness (QED) is 0.0455.